The molecule has 1 rings (SSSR count). The van der Waals surface area contributed by atoms with Crippen molar-refractivity contribution in [1.29, 1.82) is 0 Å². The molecular formula is C14H19NO. The van der Waals surface area contributed by atoms with E-state index in [2.05, 4.69) is 24.4 Å². The zero-order valence-electron chi connectivity index (χ0n) is 9.78. The average Bonchev–Trinajstić information content (AvgIpc) is 2.33. The number of hydrogen-bond donors (Lipinski definition) is 1. The molecule has 0 spiro atoms. The van der Waals surface area contributed by atoms with Crippen molar-refractivity contribution >= 4 is 5.78 Å². The number of allylic oxidation sites excluding steroid dienone is 1. The fraction of sp³-hybridized carbons (Fsp3) is 0.357. The summed E-state index contributed by atoms with van der Waals surface area (Å²) in [4.78, 5) is 11.3. The van der Waals surface area contributed by atoms with Crippen molar-refractivity contribution in [3.63, 3.8) is 0 Å². The Morgan fingerprint density at radius 1 is 1.31 bits per heavy atom. The van der Waals surface area contributed by atoms with E-state index in [-0.39, 0.29) is 5.78 Å². The first-order chi connectivity index (χ1) is 7.83. The van der Waals surface area contributed by atoms with Crippen molar-refractivity contribution in [2.24, 2.45) is 0 Å². The summed E-state index contributed by atoms with van der Waals surface area (Å²) in [5.41, 5.74) is 1.22. The zero-order valence-corrected chi connectivity index (χ0v) is 9.78. The van der Waals surface area contributed by atoms with Crippen LogP contribution in [0.3, 0.4) is 0 Å². The standard InChI is InChI=1S/C14H19NO/c1-2-3-9-14(16)10-11-15-12-13-7-5-4-6-8-13/h4-8,10-11,15H,2-3,9,12H2,1H3/b11-10-. The van der Waals surface area contributed by atoms with Crippen molar-refractivity contribution in [3.05, 3.63) is 48.2 Å². The van der Waals surface area contributed by atoms with E-state index in [1.165, 1.54) is 5.56 Å². The molecule has 1 aromatic carbocycles. The Labute approximate surface area is 97.4 Å². The van der Waals surface area contributed by atoms with Gasteiger partial charge in [-0.2, -0.15) is 0 Å². The summed E-state index contributed by atoms with van der Waals surface area (Å²) in [6.07, 6.45) is 6.06. The molecule has 0 radical (unpaired) electrons. The second-order valence-corrected chi connectivity index (χ2v) is 3.77. The van der Waals surface area contributed by atoms with Gasteiger partial charge in [-0.25, -0.2) is 0 Å². The summed E-state index contributed by atoms with van der Waals surface area (Å²) in [6, 6.07) is 10.1. The largest absolute Gasteiger partial charge is 0.387 e. The van der Waals surface area contributed by atoms with Crippen LogP contribution in [0.1, 0.15) is 31.7 Å². The molecule has 2 heteroatoms. The van der Waals surface area contributed by atoms with Crippen molar-refractivity contribution < 1.29 is 4.79 Å². The van der Waals surface area contributed by atoms with E-state index in [0.717, 1.165) is 19.4 Å². The quantitative estimate of drug-likeness (QED) is 0.711. The highest BCUT2D eigenvalue weighted by Gasteiger charge is 1.94. The van der Waals surface area contributed by atoms with Gasteiger partial charge in [-0.1, -0.05) is 43.7 Å². The first kappa shape index (κ1) is 12.5. The van der Waals surface area contributed by atoms with Crippen LogP contribution < -0.4 is 5.32 Å². The number of carbonyl (C=O) groups is 1. The van der Waals surface area contributed by atoms with Crippen molar-refractivity contribution in [2.75, 3.05) is 0 Å². The SMILES string of the molecule is CCCCC(=O)/C=C\NCc1ccccc1. The molecule has 0 unspecified atom stereocenters. The fourth-order valence-electron chi connectivity index (χ4n) is 1.36. The van der Waals surface area contributed by atoms with E-state index in [4.69, 9.17) is 0 Å². The third kappa shape index (κ3) is 5.35. The highest BCUT2D eigenvalue weighted by atomic mass is 16.1. The molecule has 0 aliphatic carbocycles. The van der Waals surface area contributed by atoms with Crippen LogP contribution in [0.25, 0.3) is 0 Å². The van der Waals surface area contributed by atoms with Crippen LogP contribution in [0, 0.1) is 0 Å². The number of hydrogen-bond acceptors (Lipinski definition) is 2. The molecule has 1 N–H and O–H groups in total. The fourth-order valence-corrected chi connectivity index (χ4v) is 1.36. The summed E-state index contributed by atoms with van der Waals surface area (Å²) < 4.78 is 0. The molecule has 0 bridgehead atoms. The lowest BCUT2D eigenvalue weighted by molar-refractivity contribution is -0.114. The molecule has 0 aliphatic rings. The van der Waals surface area contributed by atoms with E-state index in [1.807, 2.05) is 18.2 Å². The number of rotatable bonds is 7. The molecule has 0 atom stereocenters. The van der Waals surface area contributed by atoms with E-state index in [1.54, 1.807) is 12.3 Å². The lowest BCUT2D eigenvalue weighted by Gasteiger charge is -2.00. The smallest absolute Gasteiger partial charge is 0.157 e. The number of carbonyl (C=O) groups excluding carboxylic acids is 1. The Morgan fingerprint density at radius 2 is 2.06 bits per heavy atom. The second kappa shape index (κ2) is 7.69. The van der Waals surface area contributed by atoms with Gasteiger partial charge < -0.3 is 5.32 Å². The summed E-state index contributed by atoms with van der Waals surface area (Å²) in [5, 5.41) is 3.11. The Morgan fingerprint density at radius 3 is 2.75 bits per heavy atom. The molecule has 0 amide bonds. The van der Waals surface area contributed by atoms with Gasteiger partial charge in [-0.15, -0.1) is 0 Å². The number of benzene rings is 1. The van der Waals surface area contributed by atoms with E-state index in [9.17, 15) is 4.79 Å². The van der Waals surface area contributed by atoms with E-state index in [0.29, 0.717) is 6.42 Å². The molecule has 0 aliphatic heterocycles. The molecule has 0 saturated carbocycles. The van der Waals surface area contributed by atoms with Crippen LogP contribution in [0.5, 0.6) is 0 Å². The Hall–Kier alpha value is -1.57. The minimum Gasteiger partial charge on any atom is -0.387 e. The number of ketones is 1. The molecule has 0 saturated heterocycles. The van der Waals surface area contributed by atoms with Crippen molar-refractivity contribution in [1.82, 2.24) is 5.32 Å². The van der Waals surface area contributed by atoms with Crippen LogP contribution in [0.2, 0.25) is 0 Å². The predicted molar refractivity (Wildman–Crippen MR) is 67.0 cm³/mol. The minimum absolute atomic E-state index is 0.197. The third-order valence-electron chi connectivity index (χ3n) is 2.31. The Kier molecular flexibility index (Phi) is 6.00. The molecule has 16 heavy (non-hydrogen) atoms. The summed E-state index contributed by atoms with van der Waals surface area (Å²) >= 11 is 0. The monoisotopic (exact) mass is 217 g/mol. The molecule has 86 valence electrons. The van der Waals surface area contributed by atoms with Crippen LogP contribution in [-0.2, 0) is 11.3 Å². The predicted octanol–water partition coefficient (Wildman–Crippen LogP) is 3.05. The van der Waals surface area contributed by atoms with E-state index < -0.39 is 0 Å². The van der Waals surface area contributed by atoms with Gasteiger partial charge in [0.2, 0.25) is 0 Å². The Bertz CT molecular complexity index is 330. The summed E-state index contributed by atoms with van der Waals surface area (Å²) in [5.74, 6) is 0.197. The van der Waals surface area contributed by atoms with Crippen LogP contribution in [-0.4, -0.2) is 5.78 Å². The lowest BCUT2D eigenvalue weighted by Crippen LogP contribution is -2.05. The van der Waals surface area contributed by atoms with Gasteiger partial charge in [0.1, 0.15) is 0 Å². The third-order valence-corrected chi connectivity index (χ3v) is 2.31. The van der Waals surface area contributed by atoms with E-state index >= 15 is 0 Å². The second-order valence-electron chi connectivity index (χ2n) is 3.77. The zero-order chi connectivity index (χ0) is 11.6. The lowest BCUT2D eigenvalue weighted by atomic mass is 10.2. The van der Waals surface area contributed by atoms with Gasteiger partial charge in [0, 0.05) is 19.2 Å². The van der Waals surface area contributed by atoms with Gasteiger partial charge in [0.05, 0.1) is 0 Å². The Balaban J connectivity index is 2.20. The van der Waals surface area contributed by atoms with Gasteiger partial charge in [-0.05, 0) is 18.1 Å². The molecule has 0 heterocycles. The van der Waals surface area contributed by atoms with Gasteiger partial charge in [0.25, 0.3) is 0 Å². The van der Waals surface area contributed by atoms with Gasteiger partial charge >= 0.3 is 0 Å². The van der Waals surface area contributed by atoms with Gasteiger partial charge in [-0.3, -0.25) is 4.79 Å². The average molecular weight is 217 g/mol. The summed E-state index contributed by atoms with van der Waals surface area (Å²) in [6.45, 7) is 2.85. The minimum atomic E-state index is 0.197. The van der Waals surface area contributed by atoms with Crippen molar-refractivity contribution in [3.8, 4) is 0 Å². The first-order valence-electron chi connectivity index (χ1n) is 5.79. The molecule has 0 aromatic heterocycles. The molecule has 2 nitrogen and oxygen atoms in total. The molecular weight excluding hydrogens is 198 g/mol. The normalized spacial score (nSPS) is 10.6. The van der Waals surface area contributed by atoms with Gasteiger partial charge in [0.15, 0.2) is 5.78 Å². The maximum atomic E-state index is 11.3. The van der Waals surface area contributed by atoms with Crippen LogP contribution in [0.15, 0.2) is 42.6 Å². The van der Waals surface area contributed by atoms with Crippen molar-refractivity contribution in [2.45, 2.75) is 32.7 Å². The molecule has 0 fully saturated rings. The number of nitrogens with one attached hydrogen (secondary N) is 1. The highest BCUT2D eigenvalue weighted by Crippen LogP contribution is 1.98. The number of unbranched alkanes of at least 4 members (excludes halogenated alkanes) is 1. The maximum Gasteiger partial charge on any atom is 0.157 e. The van der Waals surface area contributed by atoms with Crippen LogP contribution in [0.4, 0.5) is 0 Å². The first-order valence-corrected chi connectivity index (χ1v) is 5.79. The molecule has 1 aromatic rings. The van der Waals surface area contributed by atoms with Crippen LogP contribution >= 0.6 is 0 Å². The maximum absolute atomic E-state index is 11.3. The summed E-state index contributed by atoms with van der Waals surface area (Å²) in [7, 11) is 0. The highest BCUT2D eigenvalue weighted by molar-refractivity contribution is 5.89. The topological polar surface area (TPSA) is 29.1 Å².